The number of benzene rings is 5. The van der Waals surface area contributed by atoms with Gasteiger partial charge in [-0.2, -0.15) is 0 Å². The van der Waals surface area contributed by atoms with Gasteiger partial charge in [-0.15, -0.1) is 11.8 Å². The number of nitrogens with one attached hydrogen (secondary N) is 3. The molecule has 3 N–H and O–H groups in total. The highest BCUT2D eigenvalue weighted by molar-refractivity contribution is 8.00. The Kier molecular flexibility index (Phi) is 10.9. The van der Waals surface area contributed by atoms with Gasteiger partial charge in [-0.05, 0) is 84.3 Å². The Morgan fingerprint density at radius 3 is 2.00 bits per heavy atom. The zero-order chi connectivity index (χ0) is 32.5. The molecule has 0 heterocycles. The normalized spacial score (nSPS) is 11.8. The summed E-state index contributed by atoms with van der Waals surface area (Å²) in [5.41, 5.74) is 4.39. The molecule has 0 bridgehead atoms. The van der Waals surface area contributed by atoms with E-state index in [2.05, 4.69) is 16.0 Å². The third kappa shape index (κ3) is 8.88. The Bertz CT molecular complexity index is 1860. The molecule has 0 aliphatic rings. The molecule has 1 unspecified atom stereocenters. The number of rotatable bonds is 10. The average molecular weight is 667 g/mol. The van der Waals surface area contributed by atoms with E-state index in [1.807, 2.05) is 72.8 Å². The van der Waals surface area contributed by atoms with E-state index in [0.717, 1.165) is 21.6 Å². The molecule has 1 atom stereocenters. The van der Waals surface area contributed by atoms with Gasteiger partial charge in [0, 0.05) is 21.2 Å². The van der Waals surface area contributed by atoms with E-state index in [-0.39, 0.29) is 11.6 Å². The monoisotopic (exact) mass is 665 g/mol. The summed E-state index contributed by atoms with van der Waals surface area (Å²) in [6.07, 6.45) is 1.64. The van der Waals surface area contributed by atoms with E-state index in [1.165, 1.54) is 11.8 Å². The first-order chi connectivity index (χ1) is 22.2. The van der Waals surface area contributed by atoms with E-state index in [0.29, 0.717) is 27.0 Å². The van der Waals surface area contributed by atoms with Crippen molar-refractivity contribution in [3.8, 4) is 11.1 Å². The lowest BCUT2D eigenvalue weighted by Gasteiger charge is -2.14. The molecule has 0 aliphatic carbocycles. The van der Waals surface area contributed by atoms with Crippen molar-refractivity contribution in [1.29, 1.82) is 0 Å². The molecule has 0 saturated carbocycles. The van der Waals surface area contributed by atoms with Crippen LogP contribution in [0.4, 0.5) is 11.4 Å². The molecule has 0 fully saturated rings. The van der Waals surface area contributed by atoms with Crippen LogP contribution in [0.2, 0.25) is 10.0 Å². The first kappa shape index (κ1) is 32.6. The van der Waals surface area contributed by atoms with Crippen molar-refractivity contribution in [1.82, 2.24) is 5.32 Å². The van der Waals surface area contributed by atoms with E-state index in [1.54, 1.807) is 67.6 Å². The van der Waals surface area contributed by atoms with Crippen molar-refractivity contribution in [2.75, 3.05) is 10.6 Å². The predicted octanol–water partition coefficient (Wildman–Crippen LogP) is 9.19. The molecular formula is C37H29Cl2N3O3S. The summed E-state index contributed by atoms with van der Waals surface area (Å²) in [5.74, 6) is -1.10. The Hall–Kier alpha value is -4.82. The molecule has 0 radical (unpaired) electrons. The van der Waals surface area contributed by atoms with Gasteiger partial charge in [0.2, 0.25) is 5.91 Å². The van der Waals surface area contributed by atoms with Crippen molar-refractivity contribution >= 4 is 70.1 Å². The Morgan fingerprint density at radius 1 is 0.717 bits per heavy atom. The van der Waals surface area contributed by atoms with E-state index >= 15 is 0 Å². The summed E-state index contributed by atoms with van der Waals surface area (Å²) in [6, 6.07) is 38.4. The summed E-state index contributed by atoms with van der Waals surface area (Å²) in [7, 11) is 0. The molecule has 3 amide bonds. The second-order valence-corrected chi connectivity index (χ2v) is 12.5. The van der Waals surface area contributed by atoms with Gasteiger partial charge >= 0.3 is 0 Å². The molecule has 9 heteroatoms. The van der Waals surface area contributed by atoms with Crippen LogP contribution in [0.5, 0.6) is 0 Å². The molecule has 5 aromatic carbocycles. The van der Waals surface area contributed by atoms with Crippen molar-refractivity contribution in [3.63, 3.8) is 0 Å². The van der Waals surface area contributed by atoms with Crippen molar-refractivity contribution in [2.45, 2.75) is 17.1 Å². The number of carbonyl (C=O) groups is 3. The maximum Gasteiger partial charge on any atom is 0.272 e. The first-order valence-electron chi connectivity index (χ1n) is 14.3. The number of hydrogen-bond donors (Lipinski definition) is 3. The lowest BCUT2D eigenvalue weighted by atomic mass is 10.0. The maximum absolute atomic E-state index is 13.5. The second kappa shape index (κ2) is 15.5. The van der Waals surface area contributed by atoms with Crippen molar-refractivity contribution < 1.29 is 14.4 Å². The van der Waals surface area contributed by atoms with Gasteiger partial charge in [0.05, 0.1) is 16.0 Å². The maximum atomic E-state index is 13.5. The zero-order valence-electron chi connectivity index (χ0n) is 24.7. The largest absolute Gasteiger partial charge is 0.324 e. The minimum Gasteiger partial charge on any atom is -0.324 e. The number of hydrogen-bond acceptors (Lipinski definition) is 4. The van der Waals surface area contributed by atoms with Gasteiger partial charge in [-0.3, -0.25) is 14.4 Å². The van der Waals surface area contributed by atoms with Gasteiger partial charge in [0.25, 0.3) is 11.8 Å². The van der Waals surface area contributed by atoms with Crippen LogP contribution in [0.15, 0.2) is 138 Å². The number of anilines is 2. The number of halogens is 2. The third-order valence-electron chi connectivity index (χ3n) is 6.84. The van der Waals surface area contributed by atoms with Crippen LogP contribution in [0.1, 0.15) is 22.8 Å². The molecule has 0 aliphatic heterocycles. The molecule has 0 aromatic heterocycles. The standard InChI is InChI=1S/C37H29Cl2N3O3S/c1-24(35(43)41-33-21-16-29(38)23-32(33)39)46-31-19-17-30(18-20-31)40-37(45)34(42-36(44)28-10-6-3-7-11-28)22-25-12-14-27(15-13-25)26-8-4-2-5-9-26/h2-24H,1H3,(H,40,45)(H,41,43)(H,42,44)/b34-22-. The molecule has 5 aromatic rings. The zero-order valence-corrected chi connectivity index (χ0v) is 27.0. The van der Waals surface area contributed by atoms with E-state index in [9.17, 15) is 14.4 Å². The average Bonchev–Trinajstić information content (AvgIpc) is 3.07. The van der Waals surface area contributed by atoms with Gasteiger partial charge in [0.15, 0.2) is 0 Å². The molecule has 0 saturated heterocycles. The second-order valence-electron chi connectivity index (χ2n) is 10.2. The highest BCUT2D eigenvalue weighted by Crippen LogP contribution is 2.29. The molecule has 5 rings (SSSR count). The Labute approximate surface area is 281 Å². The summed E-state index contributed by atoms with van der Waals surface area (Å²) in [6.45, 7) is 1.79. The lowest BCUT2D eigenvalue weighted by Crippen LogP contribution is -2.30. The van der Waals surface area contributed by atoms with Crippen LogP contribution in [0.25, 0.3) is 17.2 Å². The van der Waals surface area contributed by atoms with Gasteiger partial charge in [-0.1, -0.05) is 96.0 Å². The fourth-order valence-electron chi connectivity index (χ4n) is 4.41. The highest BCUT2D eigenvalue weighted by atomic mass is 35.5. The van der Waals surface area contributed by atoms with Crippen LogP contribution in [0, 0.1) is 0 Å². The molecule has 0 spiro atoms. The summed E-state index contributed by atoms with van der Waals surface area (Å²) in [5, 5.41) is 8.87. The molecule has 46 heavy (non-hydrogen) atoms. The van der Waals surface area contributed by atoms with E-state index in [4.69, 9.17) is 23.2 Å². The fourth-order valence-corrected chi connectivity index (χ4v) is 5.73. The SMILES string of the molecule is CC(Sc1ccc(NC(=O)/C(=C/c2ccc(-c3ccccc3)cc2)NC(=O)c2ccccc2)cc1)C(=O)Nc1ccc(Cl)cc1Cl. The number of thioether (sulfide) groups is 1. The minimum absolute atomic E-state index is 0.0888. The fraction of sp³-hybridized carbons (Fsp3) is 0.0541. The van der Waals surface area contributed by atoms with Crippen LogP contribution in [0.3, 0.4) is 0 Å². The smallest absolute Gasteiger partial charge is 0.272 e. The topological polar surface area (TPSA) is 87.3 Å². The van der Waals surface area contributed by atoms with Crippen LogP contribution >= 0.6 is 35.0 Å². The van der Waals surface area contributed by atoms with E-state index < -0.39 is 17.1 Å². The lowest BCUT2D eigenvalue weighted by molar-refractivity contribution is -0.115. The van der Waals surface area contributed by atoms with Crippen LogP contribution < -0.4 is 16.0 Å². The quantitative estimate of drug-likeness (QED) is 0.103. The minimum atomic E-state index is -0.482. The number of amides is 3. The van der Waals surface area contributed by atoms with Crippen LogP contribution in [-0.4, -0.2) is 23.0 Å². The molecule has 230 valence electrons. The molecular weight excluding hydrogens is 637 g/mol. The van der Waals surface area contributed by atoms with Gasteiger partial charge < -0.3 is 16.0 Å². The first-order valence-corrected chi connectivity index (χ1v) is 16.0. The van der Waals surface area contributed by atoms with Crippen molar-refractivity contribution in [2.24, 2.45) is 0 Å². The predicted molar refractivity (Wildman–Crippen MR) is 189 cm³/mol. The van der Waals surface area contributed by atoms with Crippen molar-refractivity contribution in [3.05, 3.63) is 154 Å². The van der Waals surface area contributed by atoms with Crippen LogP contribution in [-0.2, 0) is 9.59 Å². The Morgan fingerprint density at radius 2 is 1.35 bits per heavy atom. The van der Waals surface area contributed by atoms with Gasteiger partial charge in [-0.25, -0.2) is 0 Å². The summed E-state index contributed by atoms with van der Waals surface area (Å²) in [4.78, 5) is 40.1. The third-order valence-corrected chi connectivity index (χ3v) is 8.50. The van der Waals surface area contributed by atoms with Gasteiger partial charge in [0.1, 0.15) is 5.70 Å². The highest BCUT2D eigenvalue weighted by Gasteiger charge is 2.18. The number of carbonyl (C=O) groups excluding carboxylic acids is 3. The summed E-state index contributed by atoms with van der Waals surface area (Å²) < 4.78 is 0. The Balaban J connectivity index is 1.27. The summed E-state index contributed by atoms with van der Waals surface area (Å²) >= 11 is 13.5. The molecule has 6 nitrogen and oxygen atoms in total.